The summed E-state index contributed by atoms with van der Waals surface area (Å²) in [6.07, 6.45) is 4.08. The number of carbonyl (C=O) groups is 4. The average Bonchev–Trinajstić information content (AvgIpc) is 3.26. The maximum absolute atomic E-state index is 13.3. The monoisotopic (exact) mass is 505 g/mol. The number of carboxylic acids is 1. The van der Waals surface area contributed by atoms with Crippen molar-refractivity contribution in [3.63, 3.8) is 0 Å². The quantitative estimate of drug-likeness (QED) is 0.0608. The van der Waals surface area contributed by atoms with Gasteiger partial charge >= 0.3 is 5.97 Å². The van der Waals surface area contributed by atoms with Gasteiger partial charge in [0.1, 0.15) is 18.1 Å². The predicted molar refractivity (Wildman–Crippen MR) is 131 cm³/mol. The summed E-state index contributed by atoms with van der Waals surface area (Å²) < 4.78 is 0. The van der Waals surface area contributed by atoms with Gasteiger partial charge in [-0.05, 0) is 44.1 Å². The van der Waals surface area contributed by atoms with Crippen LogP contribution >= 0.6 is 24.4 Å². The second-order valence-electron chi connectivity index (χ2n) is 7.67. The van der Waals surface area contributed by atoms with E-state index < -0.39 is 42.0 Å². The van der Waals surface area contributed by atoms with Crippen molar-refractivity contribution in [2.75, 3.05) is 30.9 Å². The molecule has 0 aromatic heterocycles. The van der Waals surface area contributed by atoms with E-state index in [1.54, 1.807) is 0 Å². The van der Waals surface area contributed by atoms with Crippen LogP contribution < -0.4 is 27.8 Å². The molecule has 1 saturated heterocycles. The minimum Gasteiger partial charge on any atom is -0.480 e. The lowest BCUT2D eigenvalue weighted by Crippen LogP contribution is -2.57. The predicted octanol–water partition coefficient (Wildman–Crippen LogP) is -1.90. The Bertz CT molecular complexity index is 721. The molecule has 0 aromatic carbocycles. The third kappa shape index (κ3) is 9.68. The minimum atomic E-state index is -1.20. The molecule has 3 amide bonds. The molecule has 0 aliphatic carbocycles. The smallest absolute Gasteiger partial charge is 0.327 e. The third-order valence-corrected chi connectivity index (χ3v) is 6.17. The first-order valence-electron chi connectivity index (χ1n) is 10.7. The Kier molecular flexibility index (Phi) is 13.0. The number of carboxylic acid groups (broad SMARTS) is 1. The molecule has 4 atom stereocenters. The van der Waals surface area contributed by atoms with Gasteiger partial charge in [-0.2, -0.15) is 24.4 Å². The van der Waals surface area contributed by atoms with Gasteiger partial charge in [0.25, 0.3) is 0 Å². The lowest BCUT2D eigenvalue weighted by Gasteiger charge is -2.29. The number of likely N-dealkylation sites (tertiary alicyclic amines) is 1. The highest BCUT2D eigenvalue weighted by Gasteiger charge is 2.38. The van der Waals surface area contributed by atoms with E-state index in [0.29, 0.717) is 50.9 Å². The highest BCUT2D eigenvalue weighted by atomic mass is 32.2. The van der Waals surface area contributed by atoms with E-state index in [-0.39, 0.29) is 17.6 Å². The summed E-state index contributed by atoms with van der Waals surface area (Å²) in [6.45, 7) is 0.679. The van der Waals surface area contributed by atoms with E-state index in [1.807, 2.05) is 6.26 Å². The van der Waals surface area contributed by atoms with Crippen molar-refractivity contribution in [2.24, 2.45) is 22.2 Å². The number of guanidine groups is 1. The first-order valence-corrected chi connectivity index (χ1v) is 12.7. The second kappa shape index (κ2) is 14.9. The number of aliphatic imine (C=N–C) groups is 1. The van der Waals surface area contributed by atoms with Crippen molar-refractivity contribution in [3.05, 3.63) is 0 Å². The molecule has 4 unspecified atom stereocenters. The van der Waals surface area contributed by atoms with Crippen LogP contribution in [0.2, 0.25) is 0 Å². The zero-order chi connectivity index (χ0) is 25.0. The molecule has 1 fully saturated rings. The number of carbonyl (C=O) groups excluding carboxylic acids is 3. The standard InChI is InChI=1S/C19H35N7O5S2/c1-33-9-6-12(24-15(27)11(20)4-2-7-23-19(21)22)17(29)26-8-3-5-14(26)16(28)25-13(10-32)18(30)31/h11-14,32H,2-10,20H2,1H3,(H,24,27)(H,25,28)(H,30,31)(H4,21,22,23). The molecule has 0 spiro atoms. The third-order valence-electron chi connectivity index (χ3n) is 5.17. The minimum absolute atomic E-state index is 0.0380. The fourth-order valence-corrected chi connectivity index (χ4v) is 4.10. The zero-order valence-corrected chi connectivity index (χ0v) is 20.4. The van der Waals surface area contributed by atoms with Gasteiger partial charge in [-0.15, -0.1) is 0 Å². The van der Waals surface area contributed by atoms with Crippen LogP contribution in [0.4, 0.5) is 0 Å². The Morgan fingerprint density at radius 3 is 2.48 bits per heavy atom. The number of thiol groups is 1. The summed E-state index contributed by atoms with van der Waals surface area (Å²) in [7, 11) is 0. The summed E-state index contributed by atoms with van der Waals surface area (Å²) in [5.74, 6) is -2.11. The van der Waals surface area contributed by atoms with Crippen LogP contribution in [-0.2, 0) is 19.2 Å². The van der Waals surface area contributed by atoms with Crippen molar-refractivity contribution in [1.29, 1.82) is 0 Å². The van der Waals surface area contributed by atoms with Crippen molar-refractivity contribution in [2.45, 2.75) is 56.3 Å². The van der Waals surface area contributed by atoms with Gasteiger partial charge in [-0.1, -0.05) is 0 Å². The Morgan fingerprint density at radius 1 is 1.21 bits per heavy atom. The molecule has 9 N–H and O–H groups in total. The molecule has 12 nitrogen and oxygen atoms in total. The number of thioether (sulfide) groups is 1. The topological polar surface area (TPSA) is 206 Å². The Balaban J connectivity index is 2.81. The molecule has 1 rings (SSSR count). The van der Waals surface area contributed by atoms with E-state index in [9.17, 15) is 19.2 Å². The van der Waals surface area contributed by atoms with E-state index in [1.165, 1.54) is 16.7 Å². The molecule has 0 saturated carbocycles. The average molecular weight is 506 g/mol. The number of hydrogen-bond acceptors (Lipinski definition) is 8. The Labute approximate surface area is 203 Å². The summed E-state index contributed by atoms with van der Waals surface area (Å²) in [4.78, 5) is 55.0. The van der Waals surface area contributed by atoms with Crippen molar-refractivity contribution < 1.29 is 24.3 Å². The van der Waals surface area contributed by atoms with Crippen LogP contribution in [-0.4, -0.2) is 94.7 Å². The zero-order valence-electron chi connectivity index (χ0n) is 18.7. The van der Waals surface area contributed by atoms with E-state index in [2.05, 4.69) is 28.3 Å². The molecule has 14 heteroatoms. The summed E-state index contributed by atoms with van der Waals surface area (Å²) >= 11 is 5.47. The number of nitrogens with zero attached hydrogens (tertiary/aromatic N) is 2. The second-order valence-corrected chi connectivity index (χ2v) is 9.02. The lowest BCUT2D eigenvalue weighted by molar-refractivity contribution is -0.144. The fourth-order valence-electron chi connectivity index (χ4n) is 3.38. The highest BCUT2D eigenvalue weighted by molar-refractivity contribution is 7.98. The van der Waals surface area contributed by atoms with E-state index >= 15 is 0 Å². The SMILES string of the molecule is CSCCC(NC(=O)C(N)CCCN=C(N)N)C(=O)N1CCCC1C(=O)NC(CS)C(=O)O. The largest absolute Gasteiger partial charge is 0.480 e. The Hall–Kier alpha value is -2.19. The number of hydrogen-bond donors (Lipinski definition) is 7. The Morgan fingerprint density at radius 2 is 1.91 bits per heavy atom. The maximum Gasteiger partial charge on any atom is 0.327 e. The first kappa shape index (κ1) is 28.8. The van der Waals surface area contributed by atoms with Crippen LogP contribution in [0.5, 0.6) is 0 Å². The number of amides is 3. The van der Waals surface area contributed by atoms with Crippen LogP contribution in [0.25, 0.3) is 0 Å². The van der Waals surface area contributed by atoms with Gasteiger partial charge in [0, 0.05) is 18.8 Å². The molecule has 33 heavy (non-hydrogen) atoms. The van der Waals surface area contributed by atoms with Gasteiger partial charge in [0.2, 0.25) is 17.7 Å². The van der Waals surface area contributed by atoms with Gasteiger partial charge in [0.05, 0.1) is 6.04 Å². The number of rotatable bonds is 14. The van der Waals surface area contributed by atoms with Gasteiger partial charge < -0.3 is 37.8 Å². The highest BCUT2D eigenvalue weighted by Crippen LogP contribution is 2.20. The van der Waals surface area contributed by atoms with Crippen LogP contribution in [0.15, 0.2) is 4.99 Å². The summed E-state index contributed by atoms with van der Waals surface area (Å²) in [6, 6.07) is -3.64. The summed E-state index contributed by atoms with van der Waals surface area (Å²) in [5.41, 5.74) is 16.5. The normalized spacial score (nSPS) is 18.2. The van der Waals surface area contributed by atoms with E-state index in [4.69, 9.17) is 22.3 Å². The van der Waals surface area contributed by atoms with Crippen molar-refractivity contribution in [1.82, 2.24) is 15.5 Å². The maximum atomic E-state index is 13.3. The molecular weight excluding hydrogens is 470 g/mol. The molecule has 188 valence electrons. The van der Waals surface area contributed by atoms with Crippen molar-refractivity contribution in [3.8, 4) is 0 Å². The molecule has 1 aliphatic rings. The fraction of sp³-hybridized carbons (Fsp3) is 0.737. The van der Waals surface area contributed by atoms with Crippen LogP contribution in [0.1, 0.15) is 32.1 Å². The van der Waals surface area contributed by atoms with Gasteiger partial charge in [-0.25, -0.2) is 4.79 Å². The number of aliphatic carboxylic acids is 1. The first-order chi connectivity index (χ1) is 15.6. The van der Waals surface area contributed by atoms with Crippen molar-refractivity contribution >= 4 is 54.0 Å². The van der Waals surface area contributed by atoms with Gasteiger partial charge in [-0.3, -0.25) is 19.4 Å². The molecular formula is C19H35N7O5S2. The number of nitrogens with one attached hydrogen (secondary N) is 2. The van der Waals surface area contributed by atoms with Crippen LogP contribution in [0.3, 0.4) is 0 Å². The van der Waals surface area contributed by atoms with Crippen LogP contribution in [0, 0.1) is 0 Å². The molecule has 0 aromatic rings. The molecule has 0 bridgehead atoms. The number of nitrogens with two attached hydrogens (primary N) is 3. The molecule has 1 heterocycles. The molecule has 0 radical (unpaired) electrons. The summed E-state index contributed by atoms with van der Waals surface area (Å²) in [5, 5.41) is 14.3. The van der Waals surface area contributed by atoms with E-state index in [0.717, 1.165) is 0 Å². The lowest BCUT2D eigenvalue weighted by atomic mass is 10.1. The molecule has 1 aliphatic heterocycles. The van der Waals surface area contributed by atoms with Gasteiger partial charge in [0.15, 0.2) is 5.96 Å².